The van der Waals surface area contributed by atoms with E-state index in [1.807, 2.05) is 0 Å². The maximum atomic E-state index is 13.3. The number of esters is 1. The lowest BCUT2D eigenvalue weighted by Crippen LogP contribution is -2.27. The summed E-state index contributed by atoms with van der Waals surface area (Å²) in [5, 5.41) is 4.03. The molecule has 0 radical (unpaired) electrons. The molecule has 132 valence electrons. The van der Waals surface area contributed by atoms with E-state index in [0.717, 1.165) is 6.42 Å². The fourth-order valence-corrected chi connectivity index (χ4v) is 3.59. The van der Waals surface area contributed by atoms with Gasteiger partial charge in [0.25, 0.3) is 0 Å². The van der Waals surface area contributed by atoms with E-state index in [4.69, 9.17) is 4.74 Å². The summed E-state index contributed by atoms with van der Waals surface area (Å²) in [6, 6.07) is 1.76. The molecule has 0 aliphatic heterocycles. The normalized spacial score (nSPS) is 23.4. The molecule has 0 amide bonds. The first-order valence-corrected chi connectivity index (χ1v) is 8.35. The van der Waals surface area contributed by atoms with Gasteiger partial charge < -0.3 is 4.74 Å². The third kappa shape index (κ3) is 3.25. The average Bonchev–Trinajstić information content (AvgIpc) is 3.02. The van der Waals surface area contributed by atoms with Crippen LogP contribution >= 0.6 is 0 Å². The van der Waals surface area contributed by atoms with Gasteiger partial charge in [0.05, 0.1) is 19.0 Å². The lowest BCUT2D eigenvalue weighted by molar-refractivity contribution is -0.0531. The molecule has 0 saturated heterocycles. The van der Waals surface area contributed by atoms with E-state index in [2.05, 4.69) is 15.1 Å². The van der Waals surface area contributed by atoms with Crippen molar-refractivity contribution in [2.45, 2.75) is 38.0 Å². The topological polar surface area (TPSA) is 69.9 Å². The molecule has 0 bridgehead atoms. The minimum absolute atomic E-state index is 0.0441. The van der Waals surface area contributed by atoms with E-state index in [-0.39, 0.29) is 36.5 Å². The summed E-state index contributed by atoms with van der Waals surface area (Å²) >= 11 is 0. The van der Waals surface area contributed by atoms with Gasteiger partial charge in [-0.3, -0.25) is 0 Å². The van der Waals surface area contributed by atoms with Crippen molar-refractivity contribution in [3.8, 4) is 5.82 Å². The predicted octanol–water partition coefficient (Wildman–Crippen LogP) is 3.03. The Kier molecular flexibility index (Phi) is 3.77. The first-order chi connectivity index (χ1) is 12.0. The second-order valence-corrected chi connectivity index (χ2v) is 6.93. The molecule has 2 saturated carbocycles. The largest absolute Gasteiger partial charge is 0.461 e. The number of ether oxygens (including phenoxy) is 1. The number of alkyl halides is 2. The average molecular weight is 348 g/mol. The van der Waals surface area contributed by atoms with Crippen LogP contribution in [-0.2, 0) is 4.74 Å². The van der Waals surface area contributed by atoms with Crippen molar-refractivity contribution in [2.24, 2.45) is 11.3 Å². The summed E-state index contributed by atoms with van der Waals surface area (Å²) < 4.78 is 33.4. The monoisotopic (exact) mass is 348 g/mol. The van der Waals surface area contributed by atoms with E-state index in [9.17, 15) is 13.6 Å². The van der Waals surface area contributed by atoms with Gasteiger partial charge in [-0.1, -0.05) is 0 Å². The second-order valence-electron chi connectivity index (χ2n) is 6.93. The van der Waals surface area contributed by atoms with Crippen LogP contribution < -0.4 is 0 Å². The number of hydrogen-bond acceptors (Lipinski definition) is 5. The van der Waals surface area contributed by atoms with Crippen LogP contribution in [0.15, 0.2) is 30.9 Å². The fourth-order valence-electron chi connectivity index (χ4n) is 3.59. The highest BCUT2D eigenvalue weighted by Gasteiger charge is 2.58. The van der Waals surface area contributed by atoms with Gasteiger partial charge in [-0.05, 0) is 36.7 Å². The molecule has 1 atom stereocenters. The van der Waals surface area contributed by atoms with E-state index in [1.165, 1.54) is 17.1 Å². The highest BCUT2D eigenvalue weighted by atomic mass is 19.3. The summed E-state index contributed by atoms with van der Waals surface area (Å²) in [5.41, 5.74) is 0.0817. The quantitative estimate of drug-likeness (QED) is 0.795. The van der Waals surface area contributed by atoms with Crippen LogP contribution in [0.4, 0.5) is 8.78 Å². The van der Waals surface area contributed by atoms with Crippen LogP contribution in [0.1, 0.15) is 42.6 Å². The maximum absolute atomic E-state index is 13.3. The Morgan fingerprint density at radius 3 is 2.68 bits per heavy atom. The van der Waals surface area contributed by atoms with Crippen molar-refractivity contribution < 1.29 is 18.3 Å². The van der Waals surface area contributed by atoms with E-state index >= 15 is 0 Å². The molecule has 25 heavy (non-hydrogen) atoms. The summed E-state index contributed by atoms with van der Waals surface area (Å²) in [6.45, 7) is 0.257. The lowest BCUT2D eigenvalue weighted by atomic mass is 9.82. The zero-order chi connectivity index (χ0) is 17.5. The van der Waals surface area contributed by atoms with Gasteiger partial charge in [-0.2, -0.15) is 5.10 Å². The van der Waals surface area contributed by atoms with Crippen LogP contribution in [0.2, 0.25) is 0 Å². The maximum Gasteiger partial charge on any atom is 0.358 e. The number of carbonyl (C=O) groups excluding carboxylic acids is 1. The summed E-state index contributed by atoms with van der Waals surface area (Å²) in [4.78, 5) is 20.3. The van der Waals surface area contributed by atoms with Crippen LogP contribution in [0.5, 0.6) is 0 Å². The Labute approximate surface area is 143 Å². The van der Waals surface area contributed by atoms with Gasteiger partial charge >= 0.3 is 5.97 Å². The first kappa shape index (κ1) is 16.1. The summed E-state index contributed by atoms with van der Waals surface area (Å²) in [7, 11) is 0. The molecule has 0 N–H and O–H groups in total. The highest BCUT2D eigenvalue weighted by molar-refractivity contribution is 5.86. The van der Waals surface area contributed by atoms with Gasteiger partial charge in [-0.15, -0.1) is 0 Å². The zero-order valence-electron chi connectivity index (χ0n) is 13.6. The molecule has 1 spiro atoms. The zero-order valence-corrected chi connectivity index (χ0v) is 13.6. The SMILES string of the molecule is O=C(OCC1CC12CCC(F)(F)CC2)c1cnc(-n2cccn2)cn1. The number of halogens is 2. The minimum Gasteiger partial charge on any atom is -0.461 e. The van der Waals surface area contributed by atoms with Crippen LogP contribution in [-0.4, -0.2) is 38.2 Å². The Bertz CT molecular complexity index is 751. The minimum atomic E-state index is -2.53. The standard InChI is InChI=1S/C17H18F2N4O2/c18-17(19)4-2-16(3-5-17)8-12(16)11-25-15(24)13-9-21-14(10-20-13)23-7-1-6-22-23/h1,6-7,9-10,12H,2-5,8,11H2. The first-order valence-electron chi connectivity index (χ1n) is 8.35. The Morgan fingerprint density at radius 1 is 1.24 bits per heavy atom. The summed E-state index contributed by atoms with van der Waals surface area (Å²) in [6.07, 6.45) is 7.92. The van der Waals surface area contributed by atoms with Crippen molar-refractivity contribution >= 4 is 5.97 Å². The van der Waals surface area contributed by atoms with Gasteiger partial charge in [0, 0.05) is 25.2 Å². The molecule has 2 aliphatic rings. The molecule has 2 aliphatic carbocycles. The molecule has 4 rings (SSSR count). The summed E-state index contributed by atoms with van der Waals surface area (Å²) in [5.74, 6) is -2.38. The highest BCUT2D eigenvalue weighted by Crippen LogP contribution is 2.63. The molecule has 2 aromatic rings. The van der Waals surface area contributed by atoms with E-state index in [0.29, 0.717) is 18.7 Å². The molecule has 2 fully saturated rings. The van der Waals surface area contributed by atoms with Crippen molar-refractivity contribution in [1.82, 2.24) is 19.7 Å². The second kappa shape index (κ2) is 5.86. The van der Waals surface area contributed by atoms with Crippen LogP contribution in [0.25, 0.3) is 5.82 Å². The van der Waals surface area contributed by atoms with Crippen molar-refractivity contribution in [2.75, 3.05) is 6.61 Å². The van der Waals surface area contributed by atoms with Crippen molar-refractivity contribution in [3.63, 3.8) is 0 Å². The molecular formula is C17H18F2N4O2. The number of aromatic nitrogens is 4. The Balaban J connectivity index is 1.30. The van der Waals surface area contributed by atoms with E-state index < -0.39 is 11.9 Å². The third-order valence-electron chi connectivity index (χ3n) is 5.34. The van der Waals surface area contributed by atoms with E-state index in [1.54, 1.807) is 18.5 Å². The fraction of sp³-hybridized carbons (Fsp3) is 0.529. The molecule has 2 heterocycles. The Hall–Kier alpha value is -2.38. The lowest BCUT2D eigenvalue weighted by Gasteiger charge is -2.29. The molecule has 8 heteroatoms. The number of carbonyl (C=O) groups is 1. The van der Waals surface area contributed by atoms with Crippen molar-refractivity contribution in [1.29, 1.82) is 0 Å². The molecule has 2 aromatic heterocycles. The third-order valence-corrected chi connectivity index (χ3v) is 5.34. The number of rotatable bonds is 4. The molecule has 6 nitrogen and oxygen atoms in total. The molecule has 0 aromatic carbocycles. The molecular weight excluding hydrogens is 330 g/mol. The van der Waals surface area contributed by atoms with Gasteiger partial charge in [0.15, 0.2) is 11.5 Å². The smallest absolute Gasteiger partial charge is 0.358 e. The number of hydrogen-bond donors (Lipinski definition) is 0. The van der Waals surface area contributed by atoms with Gasteiger partial charge in [0.2, 0.25) is 5.92 Å². The Morgan fingerprint density at radius 2 is 2.04 bits per heavy atom. The van der Waals surface area contributed by atoms with Crippen LogP contribution in [0, 0.1) is 11.3 Å². The van der Waals surface area contributed by atoms with Crippen molar-refractivity contribution in [3.05, 3.63) is 36.5 Å². The van der Waals surface area contributed by atoms with Crippen LogP contribution in [0.3, 0.4) is 0 Å². The van der Waals surface area contributed by atoms with Gasteiger partial charge in [0.1, 0.15) is 0 Å². The van der Waals surface area contributed by atoms with Gasteiger partial charge in [-0.25, -0.2) is 28.2 Å². The predicted molar refractivity (Wildman–Crippen MR) is 83.4 cm³/mol. The number of nitrogens with zero attached hydrogens (tertiary/aromatic N) is 4. The molecule has 1 unspecified atom stereocenters.